The van der Waals surface area contributed by atoms with Crippen molar-refractivity contribution in [3.05, 3.63) is 120 Å². The van der Waals surface area contributed by atoms with Gasteiger partial charge < -0.3 is 16.0 Å². The van der Waals surface area contributed by atoms with Gasteiger partial charge in [0.1, 0.15) is 11.9 Å². The molecule has 4 aromatic carbocycles. The van der Waals surface area contributed by atoms with Gasteiger partial charge in [-0.05, 0) is 58.5 Å². The first-order valence-electron chi connectivity index (χ1n) is 13.2. The van der Waals surface area contributed by atoms with Crippen molar-refractivity contribution in [1.82, 2.24) is 9.88 Å². The van der Waals surface area contributed by atoms with E-state index >= 15 is 0 Å². The molecule has 210 valence electrons. The number of nitrogens with one attached hydrogen (secondary N) is 1. The highest BCUT2D eigenvalue weighted by molar-refractivity contribution is 7.89. The molecule has 1 aliphatic rings. The highest BCUT2D eigenvalue weighted by atomic mass is 32.2. The van der Waals surface area contributed by atoms with Crippen molar-refractivity contribution >= 4 is 44.1 Å². The van der Waals surface area contributed by atoms with Crippen LogP contribution in [0.15, 0.2) is 108 Å². The van der Waals surface area contributed by atoms with Gasteiger partial charge in [-0.25, -0.2) is 18.5 Å². The van der Waals surface area contributed by atoms with Gasteiger partial charge in [-0.1, -0.05) is 60.7 Å². The van der Waals surface area contributed by atoms with Gasteiger partial charge in [0.2, 0.25) is 15.9 Å². The van der Waals surface area contributed by atoms with Crippen LogP contribution in [0.1, 0.15) is 21.5 Å². The third-order valence-corrected chi connectivity index (χ3v) is 8.48. The summed E-state index contributed by atoms with van der Waals surface area (Å²) >= 11 is 0. The molecular weight excluding hydrogens is 550 g/mol. The highest BCUT2D eigenvalue weighted by Gasteiger charge is 2.35. The monoisotopic (exact) mass is 577 g/mol. The predicted molar refractivity (Wildman–Crippen MR) is 162 cm³/mol. The average Bonchev–Trinajstić information content (AvgIpc) is 3.00. The third kappa shape index (κ3) is 5.20. The lowest BCUT2D eigenvalue weighted by Gasteiger charge is -2.36. The van der Waals surface area contributed by atoms with Gasteiger partial charge in [0, 0.05) is 41.4 Å². The Kier molecular flexibility index (Phi) is 6.93. The van der Waals surface area contributed by atoms with E-state index in [1.54, 1.807) is 65.7 Å². The number of benzene rings is 4. The summed E-state index contributed by atoms with van der Waals surface area (Å²) < 4.78 is 24.1. The molecule has 1 atom stereocenters. The molecular formula is C32H27N5O4S. The average molecular weight is 578 g/mol. The van der Waals surface area contributed by atoms with Crippen molar-refractivity contribution < 1.29 is 18.0 Å². The van der Waals surface area contributed by atoms with E-state index in [2.05, 4.69) is 10.3 Å². The smallest absolute Gasteiger partial charge is 0.254 e. The van der Waals surface area contributed by atoms with E-state index in [9.17, 15) is 18.0 Å². The standard InChI is InChI=1S/C32H27N5O4S/c33-30-27-17-23(10-9-21(27)15-16-35-30)32(39)37-19-24-6-2-1-5-22(24)18-28(37)31(38)36-25-13-11-20(12-14-25)26-7-3-4-8-29(26)42(34,40)41/h1-17,28H,18-19H2,(H2,33,35)(H,36,38)(H2,34,40,41)/t28-/m0/s1. The second-order valence-electron chi connectivity index (χ2n) is 10.2. The highest BCUT2D eigenvalue weighted by Crippen LogP contribution is 2.30. The molecule has 0 radical (unpaired) electrons. The van der Waals surface area contributed by atoms with Crippen LogP contribution in [0.5, 0.6) is 0 Å². The fraction of sp³-hybridized carbons (Fsp3) is 0.0938. The molecule has 0 aliphatic carbocycles. The summed E-state index contributed by atoms with van der Waals surface area (Å²) in [5, 5.41) is 9.87. The lowest BCUT2D eigenvalue weighted by molar-refractivity contribution is -0.121. The Bertz CT molecular complexity index is 1960. The van der Waals surface area contributed by atoms with Crippen molar-refractivity contribution in [2.24, 2.45) is 5.14 Å². The van der Waals surface area contributed by atoms with Crippen LogP contribution in [0.25, 0.3) is 21.9 Å². The Hall–Kier alpha value is -5.06. The number of nitrogen functional groups attached to an aromatic ring is 1. The first kappa shape index (κ1) is 27.1. The topological polar surface area (TPSA) is 148 Å². The number of fused-ring (bicyclic) bond motifs is 2. The lowest BCUT2D eigenvalue weighted by Crippen LogP contribution is -2.50. The summed E-state index contributed by atoms with van der Waals surface area (Å²) in [7, 11) is -3.92. The summed E-state index contributed by atoms with van der Waals surface area (Å²) in [6.45, 7) is 0.275. The molecule has 0 saturated heterocycles. The molecule has 10 heteroatoms. The van der Waals surface area contributed by atoms with Gasteiger partial charge in [-0.3, -0.25) is 9.59 Å². The predicted octanol–water partition coefficient (Wildman–Crippen LogP) is 4.34. The van der Waals surface area contributed by atoms with Gasteiger partial charge in [0.15, 0.2) is 0 Å². The van der Waals surface area contributed by atoms with Crippen LogP contribution in [-0.4, -0.2) is 36.2 Å². The van der Waals surface area contributed by atoms with Crippen LogP contribution < -0.4 is 16.2 Å². The number of primary sulfonamides is 1. The van der Waals surface area contributed by atoms with Crippen LogP contribution in [0.2, 0.25) is 0 Å². The molecule has 2 amide bonds. The third-order valence-electron chi connectivity index (χ3n) is 7.51. The summed E-state index contributed by atoms with van der Waals surface area (Å²) in [6, 6.07) is 27.4. The first-order valence-corrected chi connectivity index (χ1v) is 14.8. The Morgan fingerprint density at radius 1 is 0.881 bits per heavy atom. The molecule has 5 N–H and O–H groups in total. The minimum Gasteiger partial charge on any atom is -0.383 e. The number of pyridine rings is 1. The number of nitrogens with two attached hydrogens (primary N) is 2. The quantitative estimate of drug-likeness (QED) is 0.283. The lowest BCUT2D eigenvalue weighted by atomic mass is 9.92. The van der Waals surface area contributed by atoms with Gasteiger partial charge in [0.05, 0.1) is 4.90 Å². The molecule has 1 aliphatic heterocycles. The minimum absolute atomic E-state index is 0.0167. The van der Waals surface area contributed by atoms with Crippen LogP contribution in [0, 0.1) is 0 Å². The number of amides is 2. The van der Waals surface area contributed by atoms with E-state index in [1.165, 1.54) is 6.07 Å². The number of carbonyl (C=O) groups is 2. The molecule has 2 heterocycles. The maximum Gasteiger partial charge on any atom is 0.254 e. The number of anilines is 2. The van der Waals surface area contributed by atoms with E-state index in [0.717, 1.165) is 16.5 Å². The minimum atomic E-state index is -3.92. The Balaban J connectivity index is 1.29. The number of hydrogen-bond acceptors (Lipinski definition) is 6. The number of nitrogens with zero attached hydrogens (tertiary/aromatic N) is 2. The normalized spacial score (nSPS) is 14.8. The zero-order valence-electron chi connectivity index (χ0n) is 22.4. The number of hydrogen-bond donors (Lipinski definition) is 3. The molecule has 0 fully saturated rings. The van der Waals surface area contributed by atoms with E-state index in [1.807, 2.05) is 36.4 Å². The molecule has 0 bridgehead atoms. The maximum atomic E-state index is 13.9. The zero-order chi connectivity index (χ0) is 29.4. The van der Waals surface area contributed by atoms with E-state index in [4.69, 9.17) is 10.9 Å². The van der Waals surface area contributed by atoms with Gasteiger partial charge in [-0.2, -0.15) is 0 Å². The molecule has 9 nitrogen and oxygen atoms in total. The van der Waals surface area contributed by atoms with Gasteiger partial charge in [0.25, 0.3) is 5.91 Å². The van der Waals surface area contributed by atoms with E-state index in [0.29, 0.717) is 40.0 Å². The van der Waals surface area contributed by atoms with Crippen molar-refractivity contribution in [1.29, 1.82) is 0 Å². The van der Waals surface area contributed by atoms with Crippen LogP contribution in [-0.2, 0) is 27.8 Å². The molecule has 6 rings (SSSR count). The van der Waals surface area contributed by atoms with Crippen molar-refractivity contribution in [3.63, 3.8) is 0 Å². The molecule has 1 aromatic heterocycles. The molecule has 0 saturated carbocycles. The second-order valence-corrected chi connectivity index (χ2v) is 11.7. The summed E-state index contributed by atoms with van der Waals surface area (Å²) in [4.78, 5) is 33.3. The molecule has 0 spiro atoms. The number of carbonyl (C=O) groups excluding carboxylic acids is 2. The van der Waals surface area contributed by atoms with E-state index in [-0.39, 0.29) is 23.3 Å². The van der Waals surface area contributed by atoms with Crippen molar-refractivity contribution in [2.75, 3.05) is 11.1 Å². The fourth-order valence-electron chi connectivity index (χ4n) is 5.37. The SMILES string of the molecule is Nc1nccc2ccc(C(=O)N3Cc4ccccc4C[C@H]3C(=O)Nc3ccc(-c4ccccc4S(N)(=O)=O)cc3)cc12. The largest absolute Gasteiger partial charge is 0.383 e. The number of aromatic nitrogens is 1. The van der Waals surface area contributed by atoms with Crippen molar-refractivity contribution in [3.8, 4) is 11.1 Å². The van der Waals surface area contributed by atoms with Crippen LogP contribution in [0.4, 0.5) is 11.5 Å². The Labute approximate surface area is 242 Å². The fourth-order valence-corrected chi connectivity index (χ4v) is 6.13. The maximum absolute atomic E-state index is 13.9. The first-order chi connectivity index (χ1) is 20.2. The Morgan fingerprint density at radius 3 is 2.36 bits per heavy atom. The number of sulfonamides is 1. The molecule has 5 aromatic rings. The zero-order valence-corrected chi connectivity index (χ0v) is 23.2. The van der Waals surface area contributed by atoms with Crippen LogP contribution >= 0.6 is 0 Å². The van der Waals surface area contributed by atoms with E-state index < -0.39 is 16.1 Å². The van der Waals surface area contributed by atoms with Crippen molar-refractivity contribution in [2.45, 2.75) is 23.9 Å². The molecule has 0 unspecified atom stereocenters. The Morgan fingerprint density at radius 2 is 1.60 bits per heavy atom. The summed E-state index contributed by atoms with van der Waals surface area (Å²) in [5.41, 5.74) is 10.1. The second kappa shape index (κ2) is 10.7. The summed E-state index contributed by atoms with van der Waals surface area (Å²) in [5.74, 6) is -0.294. The van der Waals surface area contributed by atoms with Crippen LogP contribution in [0.3, 0.4) is 0 Å². The number of rotatable bonds is 5. The summed E-state index contributed by atoms with van der Waals surface area (Å²) in [6.07, 6.45) is 1.97. The molecule has 42 heavy (non-hydrogen) atoms. The van der Waals surface area contributed by atoms with Gasteiger partial charge in [-0.15, -0.1) is 0 Å². The van der Waals surface area contributed by atoms with Gasteiger partial charge >= 0.3 is 0 Å².